The van der Waals surface area contributed by atoms with E-state index in [1.54, 1.807) is 11.3 Å². The van der Waals surface area contributed by atoms with Gasteiger partial charge >= 0.3 is 0 Å². The first-order chi connectivity index (χ1) is 16.1. The normalized spacial score (nSPS) is 16.5. The van der Waals surface area contributed by atoms with E-state index in [0.29, 0.717) is 12.3 Å². The fraction of sp³-hybridized carbons (Fsp3) is 0.462. The minimum Gasteiger partial charge on any atom is -0.387 e. The molecule has 1 aromatic heterocycles. The maximum absolute atomic E-state index is 13.3. The number of benzene rings is 1. The number of nitrogens with two attached hydrogens (primary N) is 1. The fourth-order valence-electron chi connectivity index (χ4n) is 4.45. The number of hydrogen-bond donors (Lipinski definition) is 2. The molecule has 0 bridgehead atoms. The lowest BCUT2D eigenvalue weighted by atomic mass is 10.1. The van der Waals surface area contributed by atoms with Crippen molar-refractivity contribution in [3.8, 4) is 0 Å². The van der Waals surface area contributed by atoms with Crippen molar-refractivity contribution in [1.82, 2.24) is 15.1 Å². The van der Waals surface area contributed by atoms with Gasteiger partial charge in [0.05, 0.1) is 10.6 Å². The van der Waals surface area contributed by atoms with Gasteiger partial charge < -0.3 is 16.0 Å². The molecule has 7 heteroatoms. The van der Waals surface area contributed by atoms with Gasteiger partial charge in [-0.15, -0.1) is 11.3 Å². The van der Waals surface area contributed by atoms with Crippen molar-refractivity contribution in [3.05, 3.63) is 57.3 Å². The highest BCUT2D eigenvalue weighted by atomic mass is 32.1. The van der Waals surface area contributed by atoms with Crippen molar-refractivity contribution in [2.45, 2.75) is 39.2 Å². The number of aryl methyl sites for hydroxylation is 1. The van der Waals surface area contributed by atoms with Crippen LogP contribution in [0.3, 0.4) is 0 Å². The first kappa shape index (κ1) is 23.7. The fourth-order valence-corrected chi connectivity index (χ4v) is 5.24. The van der Waals surface area contributed by atoms with Crippen LogP contribution < -0.4 is 11.1 Å². The number of hydrogen-bond acceptors (Lipinski definition) is 6. The molecular weight excluding hydrogens is 430 g/mol. The number of rotatable bonds is 9. The van der Waals surface area contributed by atoms with E-state index in [4.69, 9.17) is 5.73 Å². The van der Waals surface area contributed by atoms with Crippen LogP contribution >= 0.6 is 11.3 Å². The molecule has 0 spiro atoms. The standard InChI is InChI=1S/C26H35N5OS/c1-2-12-31(26(32)22-17-24-23(9-16-33-24)29-25(27)18-22)13-3-4-20-5-7-21(8-6-20)19-30-14-10-28-11-15-30/h5-9,16-17,28H,2-4,10-15,18-19H2,1H3,(H2,27,29). The lowest BCUT2D eigenvalue weighted by Crippen LogP contribution is -2.42. The molecule has 176 valence electrons. The summed E-state index contributed by atoms with van der Waals surface area (Å²) in [5.74, 6) is 0.590. The Bertz CT molecular complexity index is 988. The van der Waals surface area contributed by atoms with E-state index >= 15 is 0 Å². The number of thiophene rings is 1. The molecule has 0 saturated carbocycles. The molecule has 2 aliphatic heterocycles. The van der Waals surface area contributed by atoms with Gasteiger partial charge in [0, 0.05) is 57.8 Å². The third-order valence-corrected chi connectivity index (χ3v) is 7.06. The molecule has 6 nitrogen and oxygen atoms in total. The Morgan fingerprint density at radius 3 is 2.67 bits per heavy atom. The van der Waals surface area contributed by atoms with E-state index in [1.165, 1.54) is 11.1 Å². The average molecular weight is 466 g/mol. The van der Waals surface area contributed by atoms with Gasteiger partial charge in [0.15, 0.2) is 0 Å². The van der Waals surface area contributed by atoms with Crippen LogP contribution in [0.5, 0.6) is 0 Å². The maximum Gasteiger partial charge on any atom is 0.250 e. The van der Waals surface area contributed by atoms with Gasteiger partial charge in [0.2, 0.25) is 5.91 Å². The van der Waals surface area contributed by atoms with Crippen LogP contribution in [0.15, 0.2) is 46.3 Å². The molecule has 0 atom stereocenters. The summed E-state index contributed by atoms with van der Waals surface area (Å²) in [6, 6.07) is 10.9. The topological polar surface area (TPSA) is 74.0 Å². The van der Waals surface area contributed by atoms with Crippen molar-refractivity contribution < 1.29 is 4.79 Å². The van der Waals surface area contributed by atoms with Crippen LogP contribution in [0.1, 0.15) is 42.2 Å². The molecule has 1 amide bonds. The van der Waals surface area contributed by atoms with E-state index in [2.05, 4.69) is 46.4 Å². The molecule has 1 saturated heterocycles. The largest absolute Gasteiger partial charge is 0.387 e. The summed E-state index contributed by atoms with van der Waals surface area (Å²) in [6.07, 6.45) is 5.25. The first-order valence-corrected chi connectivity index (χ1v) is 12.9. The highest BCUT2D eigenvalue weighted by molar-refractivity contribution is 7.11. The Hall–Kier alpha value is -2.48. The second kappa shape index (κ2) is 11.6. The third kappa shape index (κ3) is 6.53. The van der Waals surface area contributed by atoms with E-state index < -0.39 is 0 Å². The van der Waals surface area contributed by atoms with E-state index in [-0.39, 0.29) is 5.91 Å². The quantitative estimate of drug-likeness (QED) is 0.591. The zero-order valence-electron chi connectivity index (χ0n) is 19.6. The molecule has 2 aromatic rings. The van der Waals surface area contributed by atoms with Crippen LogP contribution in [-0.4, -0.2) is 60.8 Å². The highest BCUT2D eigenvalue weighted by Gasteiger charge is 2.21. The molecule has 1 fully saturated rings. The Kier molecular flexibility index (Phi) is 8.31. The van der Waals surface area contributed by atoms with Crippen molar-refractivity contribution in [2.24, 2.45) is 10.7 Å². The number of fused-ring (bicyclic) bond motifs is 1. The van der Waals surface area contributed by atoms with E-state index in [0.717, 1.165) is 81.2 Å². The summed E-state index contributed by atoms with van der Waals surface area (Å²) in [5, 5.41) is 5.39. The number of amidine groups is 1. The Balaban J connectivity index is 1.32. The summed E-state index contributed by atoms with van der Waals surface area (Å²) in [6.45, 7) is 9.04. The Labute approximate surface area is 201 Å². The van der Waals surface area contributed by atoms with Gasteiger partial charge in [-0.3, -0.25) is 9.69 Å². The SMILES string of the molecule is CCCN(CCCc1ccc(CN2CCNCC2)cc1)C(=O)C1=Cc2sccc2N=C(N)C1. The molecule has 3 N–H and O–H groups in total. The van der Waals surface area contributed by atoms with Crippen LogP contribution in [-0.2, 0) is 17.8 Å². The van der Waals surface area contributed by atoms with Crippen molar-refractivity contribution in [2.75, 3.05) is 39.3 Å². The Morgan fingerprint density at radius 1 is 1.15 bits per heavy atom. The lowest BCUT2D eigenvalue weighted by molar-refractivity contribution is -0.127. The minimum absolute atomic E-state index is 0.0858. The summed E-state index contributed by atoms with van der Waals surface area (Å²) in [5.41, 5.74) is 10.4. The average Bonchev–Trinajstić information content (AvgIpc) is 3.18. The van der Waals surface area contributed by atoms with Gasteiger partial charge in [-0.1, -0.05) is 31.2 Å². The van der Waals surface area contributed by atoms with Gasteiger partial charge in [0.25, 0.3) is 0 Å². The number of carbonyl (C=O) groups is 1. The van der Waals surface area contributed by atoms with E-state index in [9.17, 15) is 4.79 Å². The second-order valence-electron chi connectivity index (χ2n) is 8.86. The van der Waals surface area contributed by atoms with Crippen molar-refractivity contribution in [3.63, 3.8) is 0 Å². The van der Waals surface area contributed by atoms with Gasteiger partial charge in [-0.2, -0.15) is 0 Å². The van der Waals surface area contributed by atoms with Gasteiger partial charge in [0.1, 0.15) is 5.84 Å². The predicted molar refractivity (Wildman–Crippen MR) is 138 cm³/mol. The summed E-state index contributed by atoms with van der Waals surface area (Å²) >= 11 is 1.60. The molecule has 2 aliphatic rings. The minimum atomic E-state index is 0.0858. The van der Waals surface area contributed by atoms with Crippen LogP contribution in [0.2, 0.25) is 0 Å². The predicted octanol–water partition coefficient (Wildman–Crippen LogP) is 3.80. The molecule has 1 aromatic carbocycles. The smallest absolute Gasteiger partial charge is 0.250 e. The van der Waals surface area contributed by atoms with Gasteiger partial charge in [-0.25, -0.2) is 4.99 Å². The molecule has 33 heavy (non-hydrogen) atoms. The van der Waals surface area contributed by atoms with Crippen molar-refractivity contribution in [1.29, 1.82) is 0 Å². The zero-order valence-corrected chi connectivity index (χ0v) is 20.4. The monoisotopic (exact) mass is 465 g/mol. The van der Waals surface area contributed by atoms with Gasteiger partial charge in [-0.05, 0) is 47.9 Å². The molecule has 0 aliphatic carbocycles. The summed E-state index contributed by atoms with van der Waals surface area (Å²) in [7, 11) is 0. The number of carbonyl (C=O) groups excluding carboxylic acids is 1. The van der Waals surface area contributed by atoms with Crippen LogP contribution in [0, 0.1) is 0 Å². The molecule has 0 radical (unpaired) electrons. The molecule has 4 rings (SSSR count). The number of piperazine rings is 1. The van der Waals surface area contributed by atoms with Crippen LogP contribution in [0.25, 0.3) is 6.08 Å². The highest BCUT2D eigenvalue weighted by Crippen LogP contribution is 2.31. The number of nitrogens with zero attached hydrogens (tertiary/aromatic N) is 3. The summed E-state index contributed by atoms with van der Waals surface area (Å²) in [4.78, 5) is 23.3. The lowest BCUT2D eigenvalue weighted by Gasteiger charge is -2.27. The summed E-state index contributed by atoms with van der Waals surface area (Å²) < 4.78 is 0. The second-order valence-corrected chi connectivity index (χ2v) is 9.81. The first-order valence-electron chi connectivity index (χ1n) is 12.0. The molecular formula is C26H35N5OS. The van der Waals surface area contributed by atoms with Crippen molar-refractivity contribution >= 4 is 34.8 Å². The molecule has 0 unspecified atom stereocenters. The molecule has 3 heterocycles. The van der Waals surface area contributed by atoms with Crippen LogP contribution in [0.4, 0.5) is 5.69 Å². The number of amides is 1. The maximum atomic E-state index is 13.3. The Morgan fingerprint density at radius 2 is 1.91 bits per heavy atom. The van der Waals surface area contributed by atoms with E-state index in [1.807, 2.05) is 22.4 Å². The number of nitrogens with one attached hydrogen (secondary N) is 1. The number of aliphatic imine (C=N–C) groups is 1. The zero-order chi connectivity index (χ0) is 23.0. The third-order valence-electron chi connectivity index (χ3n) is 6.20.